The van der Waals surface area contributed by atoms with Crippen molar-refractivity contribution >= 4 is 11.6 Å². The summed E-state index contributed by atoms with van der Waals surface area (Å²) in [4.78, 5) is 0. The molecular weight excluding hydrogens is 208 g/mol. The molecule has 0 saturated heterocycles. The van der Waals surface area contributed by atoms with Crippen LogP contribution in [0.25, 0.3) is 0 Å². The zero-order valence-electron chi connectivity index (χ0n) is 9.72. The maximum atomic E-state index is 5.98. The van der Waals surface area contributed by atoms with Gasteiger partial charge in [-0.2, -0.15) is 0 Å². The average Bonchev–Trinajstić information content (AvgIpc) is 3.06. The van der Waals surface area contributed by atoms with Gasteiger partial charge in [-0.3, -0.25) is 0 Å². The molecule has 1 fully saturated rings. The van der Waals surface area contributed by atoms with Crippen molar-refractivity contribution in [2.75, 3.05) is 6.61 Å². The van der Waals surface area contributed by atoms with Crippen LogP contribution in [0.4, 0.5) is 0 Å². The first kappa shape index (κ1) is 12.4. The van der Waals surface area contributed by atoms with Crippen LogP contribution in [0.1, 0.15) is 32.3 Å². The van der Waals surface area contributed by atoms with E-state index in [2.05, 4.69) is 0 Å². The van der Waals surface area contributed by atoms with Crippen molar-refractivity contribution in [3.8, 4) is 5.75 Å². The van der Waals surface area contributed by atoms with Crippen molar-refractivity contribution in [3.63, 3.8) is 0 Å². The predicted molar refractivity (Wildman–Crippen MR) is 65.8 cm³/mol. The fraction of sp³-hybridized carbons (Fsp3) is 0.538. The van der Waals surface area contributed by atoms with Crippen LogP contribution in [-0.2, 0) is 0 Å². The molecule has 0 atom stereocenters. The minimum atomic E-state index is 0.714. The van der Waals surface area contributed by atoms with E-state index < -0.39 is 0 Å². The largest absolute Gasteiger partial charge is 0.492 e. The molecule has 1 aliphatic rings. The Morgan fingerprint density at radius 2 is 2.00 bits per heavy atom. The summed E-state index contributed by atoms with van der Waals surface area (Å²) in [5.74, 6) is 1.60. The molecule has 2 rings (SSSR count). The van der Waals surface area contributed by atoms with E-state index in [4.69, 9.17) is 16.3 Å². The summed E-state index contributed by atoms with van der Waals surface area (Å²) in [5.41, 5.74) is 1.19. The lowest BCUT2D eigenvalue weighted by atomic mass is 10.2. The van der Waals surface area contributed by atoms with Crippen molar-refractivity contribution in [1.29, 1.82) is 0 Å². The number of rotatable bonds is 3. The highest BCUT2D eigenvalue weighted by Gasteiger charge is 2.22. The van der Waals surface area contributed by atoms with Gasteiger partial charge in [0.05, 0.1) is 11.6 Å². The van der Waals surface area contributed by atoms with E-state index in [1.54, 1.807) is 0 Å². The normalized spacial score (nSPS) is 14.1. The van der Waals surface area contributed by atoms with Gasteiger partial charge in [-0.15, -0.1) is 0 Å². The summed E-state index contributed by atoms with van der Waals surface area (Å²) >= 11 is 5.98. The Balaban J connectivity index is 0.000000531. The van der Waals surface area contributed by atoms with Crippen molar-refractivity contribution < 1.29 is 4.74 Å². The molecule has 0 N–H and O–H groups in total. The highest BCUT2D eigenvalue weighted by atomic mass is 35.5. The van der Waals surface area contributed by atoms with Gasteiger partial charge in [0.15, 0.2) is 0 Å². The Hall–Kier alpha value is -0.690. The molecule has 0 spiro atoms. The van der Waals surface area contributed by atoms with Crippen molar-refractivity contribution in [3.05, 3.63) is 28.8 Å². The molecule has 1 aromatic rings. The summed E-state index contributed by atoms with van der Waals surface area (Å²) < 4.78 is 5.61. The van der Waals surface area contributed by atoms with Gasteiger partial charge in [-0.05, 0) is 43.4 Å². The Kier molecular flexibility index (Phi) is 4.97. The average molecular weight is 227 g/mol. The molecule has 1 saturated carbocycles. The first-order valence-electron chi connectivity index (χ1n) is 5.64. The molecule has 0 bridgehead atoms. The topological polar surface area (TPSA) is 9.23 Å². The fourth-order valence-corrected chi connectivity index (χ4v) is 1.39. The SMILES string of the molecule is CC.Cc1ccc(Cl)c(OCC2CC2)c1. The zero-order chi connectivity index (χ0) is 11.3. The van der Waals surface area contributed by atoms with Gasteiger partial charge in [0.2, 0.25) is 0 Å². The minimum absolute atomic E-state index is 0.714. The third-order valence-electron chi connectivity index (χ3n) is 2.26. The van der Waals surface area contributed by atoms with Crippen LogP contribution in [0.2, 0.25) is 5.02 Å². The zero-order valence-corrected chi connectivity index (χ0v) is 10.5. The van der Waals surface area contributed by atoms with Gasteiger partial charge in [0.25, 0.3) is 0 Å². The lowest BCUT2D eigenvalue weighted by molar-refractivity contribution is 0.300. The summed E-state index contributed by atoms with van der Waals surface area (Å²) in [6, 6.07) is 5.87. The Morgan fingerprint density at radius 3 is 2.60 bits per heavy atom. The van der Waals surface area contributed by atoms with E-state index in [-0.39, 0.29) is 0 Å². The van der Waals surface area contributed by atoms with E-state index in [0.29, 0.717) is 5.02 Å². The summed E-state index contributed by atoms with van der Waals surface area (Å²) in [6.07, 6.45) is 2.62. The number of benzene rings is 1. The maximum absolute atomic E-state index is 5.98. The number of hydrogen-bond donors (Lipinski definition) is 0. The summed E-state index contributed by atoms with van der Waals surface area (Å²) in [5, 5.41) is 0.714. The smallest absolute Gasteiger partial charge is 0.138 e. The van der Waals surface area contributed by atoms with E-state index in [0.717, 1.165) is 18.3 Å². The molecule has 0 aromatic heterocycles. The first-order valence-corrected chi connectivity index (χ1v) is 6.02. The molecule has 1 nitrogen and oxygen atoms in total. The highest BCUT2D eigenvalue weighted by Crippen LogP contribution is 2.31. The second-order valence-electron chi connectivity index (χ2n) is 3.69. The molecule has 84 valence electrons. The van der Waals surface area contributed by atoms with Crippen LogP contribution < -0.4 is 4.74 Å². The molecule has 0 aliphatic heterocycles. The molecule has 0 heterocycles. The van der Waals surface area contributed by atoms with E-state index in [9.17, 15) is 0 Å². The molecule has 0 radical (unpaired) electrons. The quantitative estimate of drug-likeness (QED) is 0.739. The number of ether oxygens (including phenoxy) is 1. The van der Waals surface area contributed by atoms with Crippen molar-refractivity contribution in [2.24, 2.45) is 5.92 Å². The van der Waals surface area contributed by atoms with Crippen LogP contribution in [0.5, 0.6) is 5.75 Å². The summed E-state index contributed by atoms with van der Waals surface area (Å²) in [6.45, 7) is 6.86. The van der Waals surface area contributed by atoms with E-state index >= 15 is 0 Å². The number of halogens is 1. The molecule has 0 unspecified atom stereocenters. The maximum Gasteiger partial charge on any atom is 0.138 e. The van der Waals surface area contributed by atoms with Gasteiger partial charge < -0.3 is 4.74 Å². The summed E-state index contributed by atoms with van der Waals surface area (Å²) in [7, 11) is 0. The third-order valence-corrected chi connectivity index (χ3v) is 2.57. The second-order valence-corrected chi connectivity index (χ2v) is 4.10. The minimum Gasteiger partial charge on any atom is -0.492 e. The third kappa shape index (κ3) is 4.13. The Labute approximate surface area is 97.4 Å². The van der Waals surface area contributed by atoms with Crippen molar-refractivity contribution in [2.45, 2.75) is 33.6 Å². The molecule has 2 heteroatoms. The molecule has 1 aromatic carbocycles. The second kappa shape index (κ2) is 6.02. The van der Waals surface area contributed by atoms with Crippen LogP contribution in [-0.4, -0.2) is 6.61 Å². The molecule has 0 amide bonds. The van der Waals surface area contributed by atoms with Gasteiger partial charge in [0.1, 0.15) is 5.75 Å². The van der Waals surface area contributed by atoms with E-state index in [1.807, 2.05) is 39.0 Å². The monoisotopic (exact) mass is 226 g/mol. The number of aryl methyl sites for hydroxylation is 1. The lowest BCUT2D eigenvalue weighted by Gasteiger charge is -2.07. The van der Waals surface area contributed by atoms with Crippen LogP contribution >= 0.6 is 11.6 Å². The predicted octanol–water partition coefficient (Wildman–Crippen LogP) is 4.46. The standard InChI is InChI=1S/C11H13ClO.C2H6/c1-8-2-5-10(12)11(6-8)13-7-9-3-4-9;1-2/h2,5-6,9H,3-4,7H2,1H3;1-2H3. The van der Waals surface area contributed by atoms with Gasteiger partial charge in [-0.1, -0.05) is 31.5 Å². The van der Waals surface area contributed by atoms with Gasteiger partial charge in [-0.25, -0.2) is 0 Å². The first-order chi connectivity index (χ1) is 7.25. The van der Waals surface area contributed by atoms with E-state index in [1.165, 1.54) is 18.4 Å². The number of hydrogen-bond acceptors (Lipinski definition) is 1. The Bertz CT molecular complexity index is 305. The molecule has 1 aliphatic carbocycles. The van der Waals surface area contributed by atoms with Crippen LogP contribution in [0.3, 0.4) is 0 Å². The highest BCUT2D eigenvalue weighted by molar-refractivity contribution is 6.32. The Morgan fingerprint density at radius 1 is 1.33 bits per heavy atom. The van der Waals surface area contributed by atoms with Crippen LogP contribution in [0, 0.1) is 12.8 Å². The lowest BCUT2D eigenvalue weighted by Crippen LogP contribution is -1.99. The van der Waals surface area contributed by atoms with Crippen molar-refractivity contribution in [1.82, 2.24) is 0 Å². The molecular formula is C13H19ClO. The van der Waals surface area contributed by atoms with Gasteiger partial charge >= 0.3 is 0 Å². The fourth-order valence-electron chi connectivity index (χ4n) is 1.21. The van der Waals surface area contributed by atoms with Crippen LogP contribution in [0.15, 0.2) is 18.2 Å². The van der Waals surface area contributed by atoms with Gasteiger partial charge in [0, 0.05) is 0 Å². The molecule has 15 heavy (non-hydrogen) atoms.